The standard InChI is InChI=1S/C17H19BrFN/c1-10-5-13(9-14(18)6-10)17(20-4)16-11(2)7-15(19)8-12(16)3/h5-9,17,20H,1-4H3. The molecule has 106 valence electrons. The lowest BCUT2D eigenvalue weighted by molar-refractivity contribution is 0.618. The minimum absolute atomic E-state index is 0.0619. The van der Waals surface area contributed by atoms with E-state index in [1.54, 1.807) is 12.1 Å². The van der Waals surface area contributed by atoms with E-state index in [1.807, 2.05) is 20.9 Å². The van der Waals surface area contributed by atoms with Gasteiger partial charge in [-0.1, -0.05) is 22.0 Å². The van der Waals surface area contributed by atoms with Crippen molar-refractivity contribution < 1.29 is 4.39 Å². The largest absolute Gasteiger partial charge is 0.309 e. The van der Waals surface area contributed by atoms with Gasteiger partial charge in [-0.15, -0.1) is 0 Å². The van der Waals surface area contributed by atoms with Crippen LogP contribution in [0, 0.1) is 26.6 Å². The summed E-state index contributed by atoms with van der Waals surface area (Å²) in [5.41, 5.74) is 5.47. The Morgan fingerprint density at radius 1 is 1.00 bits per heavy atom. The van der Waals surface area contributed by atoms with E-state index in [4.69, 9.17) is 0 Å². The fraction of sp³-hybridized carbons (Fsp3) is 0.294. The molecule has 0 saturated carbocycles. The fourth-order valence-corrected chi connectivity index (χ4v) is 3.41. The van der Waals surface area contributed by atoms with Crippen LogP contribution in [-0.4, -0.2) is 7.05 Å². The number of benzene rings is 2. The maximum absolute atomic E-state index is 13.5. The van der Waals surface area contributed by atoms with Gasteiger partial charge in [-0.2, -0.15) is 0 Å². The summed E-state index contributed by atoms with van der Waals surface area (Å²) in [6.07, 6.45) is 0. The van der Waals surface area contributed by atoms with Gasteiger partial charge in [-0.05, 0) is 79.9 Å². The molecule has 0 bridgehead atoms. The molecular formula is C17H19BrFN. The van der Waals surface area contributed by atoms with Gasteiger partial charge >= 0.3 is 0 Å². The van der Waals surface area contributed by atoms with Gasteiger partial charge in [0.05, 0.1) is 6.04 Å². The third-order valence-corrected chi connectivity index (χ3v) is 3.99. The normalized spacial score (nSPS) is 12.5. The second-order valence-corrected chi connectivity index (χ2v) is 6.15. The topological polar surface area (TPSA) is 12.0 Å². The van der Waals surface area contributed by atoms with Crippen molar-refractivity contribution >= 4 is 15.9 Å². The summed E-state index contributed by atoms with van der Waals surface area (Å²) in [6.45, 7) is 5.99. The molecule has 0 heterocycles. The molecule has 1 nitrogen and oxygen atoms in total. The second-order valence-electron chi connectivity index (χ2n) is 5.24. The van der Waals surface area contributed by atoms with E-state index >= 15 is 0 Å². The highest BCUT2D eigenvalue weighted by atomic mass is 79.9. The Balaban J connectivity index is 2.58. The summed E-state index contributed by atoms with van der Waals surface area (Å²) < 4.78 is 14.5. The van der Waals surface area contributed by atoms with Crippen molar-refractivity contribution in [1.82, 2.24) is 5.32 Å². The number of halogens is 2. The third kappa shape index (κ3) is 3.10. The van der Waals surface area contributed by atoms with Gasteiger partial charge in [0.15, 0.2) is 0 Å². The minimum Gasteiger partial charge on any atom is -0.309 e. The van der Waals surface area contributed by atoms with Crippen LogP contribution in [0.4, 0.5) is 4.39 Å². The predicted octanol–water partition coefficient (Wildman–Crippen LogP) is 4.82. The summed E-state index contributed by atoms with van der Waals surface area (Å²) in [6, 6.07) is 9.60. The van der Waals surface area contributed by atoms with Crippen LogP contribution in [0.1, 0.15) is 33.9 Å². The zero-order valence-corrected chi connectivity index (χ0v) is 13.8. The van der Waals surface area contributed by atoms with Gasteiger partial charge in [0.1, 0.15) is 5.82 Å². The van der Waals surface area contributed by atoms with Crippen molar-refractivity contribution in [3.05, 3.63) is 68.4 Å². The van der Waals surface area contributed by atoms with Crippen molar-refractivity contribution in [2.45, 2.75) is 26.8 Å². The van der Waals surface area contributed by atoms with Crippen LogP contribution >= 0.6 is 15.9 Å². The predicted molar refractivity (Wildman–Crippen MR) is 85.7 cm³/mol. The summed E-state index contributed by atoms with van der Waals surface area (Å²) in [4.78, 5) is 0. The van der Waals surface area contributed by atoms with E-state index in [1.165, 1.54) is 11.1 Å². The van der Waals surface area contributed by atoms with Crippen LogP contribution in [-0.2, 0) is 0 Å². The highest BCUT2D eigenvalue weighted by Gasteiger charge is 2.18. The van der Waals surface area contributed by atoms with E-state index < -0.39 is 0 Å². The van der Waals surface area contributed by atoms with Gasteiger partial charge in [-0.25, -0.2) is 4.39 Å². The van der Waals surface area contributed by atoms with Crippen molar-refractivity contribution in [3.63, 3.8) is 0 Å². The van der Waals surface area contributed by atoms with Gasteiger partial charge in [0.25, 0.3) is 0 Å². The van der Waals surface area contributed by atoms with Crippen LogP contribution in [0.25, 0.3) is 0 Å². The number of hydrogen-bond donors (Lipinski definition) is 1. The van der Waals surface area contributed by atoms with E-state index in [9.17, 15) is 4.39 Å². The molecule has 0 aliphatic carbocycles. The molecule has 0 amide bonds. The average Bonchev–Trinajstić information content (AvgIpc) is 2.32. The Labute approximate surface area is 128 Å². The fourth-order valence-electron chi connectivity index (χ4n) is 2.79. The first-order chi connectivity index (χ1) is 9.42. The molecule has 2 rings (SSSR count). The number of nitrogens with one attached hydrogen (secondary N) is 1. The summed E-state index contributed by atoms with van der Waals surface area (Å²) in [7, 11) is 1.93. The van der Waals surface area contributed by atoms with Crippen LogP contribution < -0.4 is 5.32 Å². The molecule has 20 heavy (non-hydrogen) atoms. The molecule has 0 fully saturated rings. The van der Waals surface area contributed by atoms with Gasteiger partial charge in [0.2, 0.25) is 0 Å². The monoisotopic (exact) mass is 335 g/mol. The Bertz CT molecular complexity index is 594. The van der Waals surface area contributed by atoms with Crippen molar-refractivity contribution in [2.75, 3.05) is 7.05 Å². The lowest BCUT2D eigenvalue weighted by Crippen LogP contribution is -2.20. The maximum atomic E-state index is 13.5. The third-order valence-electron chi connectivity index (χ3n) is 3.53. The van der Waals surface area contributed by atoms with Crippen LogP contribution in [0.3, 0.4) is 0 Å². The van der Waals surface area contributed by atoms with Gasteiger partial charge < -0.3 is 5.32 Å². The molecule has 0 saturated heterocycles. The minimum atomic E-state index is -0.177. The average molecular weight is 336 g/mol. The number of aryl methyl sites for hydroxylation is 3. The molecule has 2 aromatic rings. The SMILES string of the molecule is CNC(c1cc(C)cc(Br)c1)c1c(C)cc(F)cc1C. The van der Waals surface area contributed by atoms with Crippen LogP contribution in [0.15, 0.2) is 34.8 Å². The van der Waals surface area contributed by atoms with Crippen LogP contribution in [0.5, 0.6) is 0 Å². The molecule has 0 aliphatic heterocycles. The van der Waals surface area contributed by atoms with Crippen molar-refractivity contribution in [2.24, 2.45) is 0 Å². The molecule has 1 atom stereocenters. The molecule has 0 spiro atoms. The highest BCUT2D eigenvalue weighted by molar-refractivity contribution is 9.10. The maximum Gasteiger partial charge on any atom is 0.123 e. The van der Waals surface area contributed by atoms with Crippen LogP contribution in [0.2, 0.25) is 0 Å². The van der Waals surface area contributed by atoms with E-state index in [0.29, 0.717) is 0 Å². The molecule has 1 N–H and O–H groups in total. The Morgan fingerprint density at radius 2 is 1.60 bits per heavy atom. The Hall–Kier alpha value is -1.19. The first-order valence-corrected chi connectivity index (χ1v) is 7.42. The first-order valence-electron chi connectivity index (χ1n) is 6.63. The van der Waals surface area contributed by atoms with E-state index in [2.05, 4.69) is 46.4 Å². The summed E-state index contributed by atoms with van der Waals surface area (Å²) in [5, 5.41) is 3.35. The Kier molecular flexibility index (Phi) is 4.61. The van der Waals surface area contributed by atoms with Crippen molar-refractivity contribution in [1.29, 1.82) is 0 Å². The first kappa shape index (κ1) is 15.2. The molecule has 1 unspecified atom stereocenters. The lowest BCUT2D eigenvalue weighted by Gasteiger charge is -2.22. The summed E-state index contributed by atoms with van der Waals surface area (Å²) >= 11 is 3.54. The molecular weight excluding hydrogens is 317 g/mol. The number of rotatable bonds is 3. The van der Waals surface area contributed by atoms with E-state index in [-0.39, 0.29) is 11.9 Å². The van der Waals surface area contributed by atoms with Gasteiger partial charge in [-0.3, -0.25) is 0 Å². The zero-order chi connectivity index (χ0) is 14.9. The lowest BCUT2D eigenvalue weighted by atomic mass is 9.90. The summed E-state index contributed by atoms with van der Waals surface area (Å²) in [5.74, 6) is -0.177. The molecule has 0 aromatic heterocycles. The zero-order valence-electron chi connectivity index (χ0n) is 12.2. The Morgan fingerprint density at radius 3 is 2.10 bits per heavy atom. The molecule has 0 radical (unpaired) electrons. The quantitative estimate of drug-likeness (QED) is 0.847. The van der Waals surface area contributed by atoms with Crippen molar-refractivity contribution in [3.8, 4) is 0 Å². The smallest absolute Gasteiger partial charge is 0.123 e. The number of hydrogen-bond acceptors (Lipinski definition) is 1. The molecule has 3 heteroatoms. The van der Waals surface area contributed by atoms with E-state index in [0.717, 1.165) is 21.2 Å². The molecule has 2 aromatic carbocycles. The highest BCUT2D eigenvalue weighted by Crippen LogP contribution is 2.30. The molecule has 0 aliphatic rings. The van der Waals surface area contributed by atoms with Gasteiger partial charge in [0, 0.05) is 4.47 Å². The second kappa shape index (κ2) is 6.06.